The maximum absolute atomic E-state index is 14.4. The summed E-state index contributed by atoms with van der Waals surface area (Å²) in [5.74, 6) is 0.866. The molecule has 0 atom stereocenters. The van der Waals surface area contributed by atoms with Gasteiger partial charge in [-0.3, -0.25) is 4.57 Å². The molecule has 150 valence electrons. The molecule has 1 aliphatic heterocycles. The smallest absolute Gasteiger partial charge is 0.352 e. The van der Waals surface area contributed by atoms with Gasteiger partial charge in [-0.15, -0.1) is 0 Å². The van der Waals surface area contributed by atoms with E-state index in [1.165, 1.54) is 18.3 Å². The monoisotopic (exact) mass is 416 g/mol. The summed E-state index contributed by atoms with van der Waals surface area (Å²) in [7, 11) is 1.92. The van der Waals surface area contributed by atoms with E-state index < -0.39 is 5.82 Å². The Balaban J connectivity index is 1.46. The van der Waals surface area contributed by atoms with Crippen LogP contribution in [0.2, 0.25) is 5.15 Å². The minimum Gasteiger partial charge on any atom is -0.473 e. The van der Waals surface area contributed by atoms with Crippen LogP contribution in [-0.4, -0.2) is 28.1 Å². The second kappa shape index (κ2) is 8.08. The molecule has 3 aromatic rings. The van der Waals surface area contributed by atoms with E-state index in [-0.39, 0.29) is 23.9 Å². The van der Waals surface area contributed by atoms with Crippen molar-refractivity contribution in [3.8, 4) is 17.4 Å². The molecule has 7 nitrogen and oxygen atoms in total. The number of hydrogen-bond acceptors (Lipinski definition) is 6. The Morgan fingerprint density at radius 2 is 2.07 bits per heavy atom. The van der Waals surface area contributed by atoms with Gasteiger partial charge in [0, 0.05) is 26.2 Å². The standard InChI is InChI=1S/C20H18ClFN4O3/c1-25-7-2-8-26-19(25)10-18(24-20(26)27)28-12-13-3-5-16(15(22)9-13)29-14-4-6-17(21)23-11-14/h3-6,9-11H,2,7-8,12H2,1H3. The molecule has 1 aromatic carbocycles. The fourth-order valence-corrected chi connectivity index (χ4v) is 3.19. The number of halogens is 2. The highest BCUT2D eigenvalue weighted by atomic mass is 35.5. The molecule has 3 heterocycles. The van der Waals surface area contributed by atoms with E-state index in [9.17, 15) is 9.18 Å². The normalized spacial score (nSPS) is 13.1. The second-order valence-corrected chi connectivity index (χ2v) is 7.02. The van der Waals surface area contributed by atoms with Gasteiger partial charge in [0.25, 0.3) is 0 Å². The third-order valence-corrected chi connectivity index (χ3v) is 4.77. The first-order valence-corrected chi connectivity index (χ1v) is 9.41. The van der Waals surface area contributed by atoms with E-state index in [2.05, 4.69) is 9.97 Å². The summed E-state index contributed by atoms with van der Waals surface area (Å²) in [4.78, 5) is 22.0. The number of fused-ring (bicyclic) bond motifs is 1. The molecule has 1 aliphatic rings. The van der Waals surface area contributed by atoms with Crippen molar-refractivity contribution in [2.75, 3.05) is 18.5 Å². The summed E-state index contributed by atoms with van der Waals surface area (Å²) in [5, 5.41) is 0.326. The van der Waals surface area contributed by atoms with Gasteiger partial charge in [-0.2, -0.15) is 4.98 Å². The highest BCUT2D eigenvalue weighted by Crippen LogP contribution is 2.26. The Bertz CT molecular complexity index is 1090. The molecule has 0 spiro atoms. The van der Waals surface area contributed by atoms with Crippen molar-refractivity contribution >= 4 is 17.4 Å². The van der Waals surface area contributed by atoms with Crippen LogP contribution in [0.4, 0.5) is 10.2 Å². The van der Waals surface area contributed by atoms with Crippen molar-refractivity contribution in [3.63, 3.8) is 0 Å². The molecular formula is C20H18ClFN4O3. The van der Waals surface area contributed by atoms with Crippen LogP contribution in [-0.2, 0) is 13.2 Å². The summed E-state index contributed by atoms with van der Waals surface area (Å²) in [6.07, 6.45) is 2.31. The molecule has 0 fully saturated rings. The number of benzene rings is 1. The Morgan fingerprint density at radius 3 is 2.83 bits per heavy atom. The minimum atomic E-state index is -0.542. The molecule has 0 radical (unpaired) electrons. The van der Waals surface area contributed by atoms with Gasteiger partial charge in [0.05, 0.1) is 6.20 Å². The second-order valence-electron chi connectivity index (χ2n) is 6.63. The molecule has 4 rings (SSSR count). The largest absolute Gasteiger partial charge is 0.473 e. The summed E-state index contributed by atoms with van der Waals surface area (Å²) in [6.45, 7) is 1.57. The van der Waals surface area contributed by atoms with Crippen molar-refractivity contribution in [2.45, 2.75) is 19.6 Å². The van der Waals surface area contributed by atoms with E-state index in [0.717, 1.165) is 18.8 Å². The average Bonchev–Trinajstić information content (AvgIpc) is 2.71. The topological polar surface area (TPSA) is 69.5 Å². The zero-order chi connectivity index (χ0) is 20.4. The molecule has 29 heavy (non-hydrogen) atoms. The lowest BCUT2D eigenvalue weighted by atomic mass is 10.2. The lowest BCUT2D eigenvalue weighted by Crippen LogP contribution is -2.36. The van der Waals surface area contributed by atoms with E-state index in [0.29, 0.717) is 23.0 Å². The number of rotatable bonds is 5. The Morgan fingerprint density at radius 1 is 1.21 bits per heavy atom. The van der Waals surface area contributed by atoms with Gasteiger partial charge >= 0.3 is 5.69 Å². The lowest BCUT2D eigenvalue weighted by molar-refractivity contribution is 0.289. The van der Waals surface area contributed by atoms with E-state index in [1.54, 1.807) is 28.8 Å². The Hall–Kier alpha value is -3.13. The molecule has 0 saturated heterocycles. The van der Waals surface area contributed by atoms with E-state index in [4.69, 9.17) is 21.1 Å². The van der Waals surface area contributed by atoms with Crippen LogP contribution >= 0.6 is 11.6 Å². The number of aromatic nitrogens is 3. The first-order valence-electron chi connectivity index (χ1n) is 9.03. The maximum atomic E-state index is 14.4. The summed E-state index contributed by atoms with van der Waals surface area (Å²) < 4.78 is 27.1. The van der Waals surface area contributed by atoms with Crippen LogP contribution in [0.1, 0.15) is 12.0 Å². The number of pyridine rings is 1. The highest BCUT2D eigenvalue weighted by Gasteiger charge is 2.17. The first kappa shape index (κ1) is 19.2. The summed E-state index contributed by atoms with van der Waals surface area (Å²) in [6, 6.07) is 9.38. The van der Waals surface area contributed by atoms with Gasteiger partial charge < -0.3 is 14.4 Å². The van der Waals surface area contributed by atoms with Crippen molar-refractivity contribution < 1.29 is 13.9 Å². The predicted octanol–water partition coefficient (Wildman–Crippen LogP) is 3.64. The van der Waals surface area contributed by atoms with Crippen LogP contribution in [0.25, 0.3) is 0 Å². The Labute approximate surface area is 171 Å². The van der Waals surface area contributed by atoms with Crippen molar-refractivity contribution in [2.24, 2.45) is 0 Å². The molecular weight excluding hydrogens is 399 g/mol. The number of hydrogen-bond donors (Lipinski definition) is 0. The number of ether oxygens (including phenoxy) is 2. The molecule has 0 N–H and O–H groups in total. The van der Waals surface area contributed by atoms with E-state index >= 15 is 0 Å². The summed E-state index contributed by atoms with van der Waals surface area (Å²) >= 11 is 5.73. The highest BCUT2D eigenvalue weighted by molar-refractivity contribution is 6.29. The zero-order valence-corrected chi connectivity index (χ0v) is 16.4. The summed E-state index contributed by atoms with van der Waals surface area (Å²) in [5.41, 5.74) is 0.229. The average molecular weight is 417 g/mol. The molecule has 0 bridgehead atoms. The quantitative estimate of drug-likeness (QED) is 0.591. The maximum Gasteiger partial charge on any atom is 0.352 e. The third-order valence-electron chi connectivity index (χ3n) is 4.54. The first-order chi connectivity index (χ1) is 14.0. The van der Waals surface area contributed by atoms with Crippen LogP contribution < -0.4 is 20.1 Å². The Kier molecular flexibility index (Phi) is 5.35. The third kappa shape index (κ3) is 4.32. The van der Waals surface area contributed by atoms with E-state index in [1.807, 2.05) is 11.9 Å². The fourth-order valence-electron chi connectivity index (χ4n) is 3.08. The molecule has 0 aliphatic carbocycles. The van der Waals surface area contributed by atoms with Gasteiger partial charge in [0.2, 0.25) is 5.88 Å². The molecule has 9 heteroatoms. The van der Waals surface area contributed by atoms with Crippen LogP contribution in [0.3, 0.4) is 0 Å². The lowest BCUT2D eigenvalue weighted by Gasteiger charge is -2.28. The van der Waals surface area contributed by atoms with Gasteiger partial charge in [0.15, 0.2) is 11.6 Å². The van der Waals surface area contributed by atoms with Gasteiger partial charge in [-0.25, -0.2) is 14.2 Å². The molecule has 0 unspecified atom stereocenters. The number of nitrogens with zero attached hydrogens (tertiary/aromatic N) is 4. The van der Waals surface area contributed by atoms with Crippen LogP contribution in [0, 0.1) is 5.82 Å². The molecule has 0 saturated carbocycles. The van der Waals surface area contributed by atoms with Gasteiger partial charge in [-0.05, 0) is 36.2 Å². The minimum absolute atomic E-state index is 0.0599. The predicted molar refractivity (Wildman–Crippen MR) is 106 cm³/mol. The van der Waals surface area contributed by atoms with Crippen LogP contribution in [0.15, 0.2) is 47.4 Å². The van der Waals surface area contributed by atoms with Crippen molar-refractivity contribution in [1.29, 1.82) is 0 Å². The zero-order valence-electron chi connectivity index (χ0n) is 15.6. The van der Waals surface area contributed by atoms with Crippen LogP contribution in [0.5, 0.6) is 17.4 Å². The fraction of sp³-hybridized carbons (Fsp3) is 0.250. The number of anilines is 1. The van der Waals surface area contributed by atoms with Crippen molar-refractivity contribution in [3.05, 3.63) is 69.6 Å². The van der Waals surface area contributed by atoms with Gasteiger partial charge in [-0.1, -0.05) is 17.7 Å². The molecule has 2 aromatic heterocycles. The SMILES string of the molecule is CN1CCCn2c1cc(OCc1ccc(Oc3ccc(Cl)nc3)c(F)c1)nc2=O. The van der Waals surface area contributed by atoms with Gasteiger partial charge in [0.1, 0.15) is 23.3 Å². The molecule has 0 amide bonds. The van der Waals surface area contributed by atoms with Crippen molar-refractivity contribution in [1.82, 2.24) is 14.5 Å².